The zero-order valence-electron chi connectivity index (χ0n) is 13.4. The predicted octanol–water partition coefficient (Wildman–Crippen LogP) is 4.29. The summed E-state index contributed by atoms with van der Waals surface area (Å²) in [5.74, 6) is 0.693. The lowest BCUT2D eigenvalue weighted by Crippen LogP contribution is -2.28. The number of hydrogen-bond acceptors (Lipinski definition) is 4. The number of aryl methyl sites for hydroxylation is 1. The number of furan rings is 1. The van der Waals surface area contributed by atoms with E-state index in [-0.39, 0.29) is 5.91 Å². The molecule has 0 aliphatic carbocycles. The fraction of sp³-hybridized carbons (Fsp3) is 0.158. The van der Waals surface area contributed by atoms with Crippen LogP contribution in [0.25, 0.3) is 6.08 Å². The SMILES string of the molecule is Cc1nc(/C=C/C(=O)N(Cc2ccccc2)Cc2ccco2)cs1. The molecule has 0 unspecified atom stereocenters. The van der Waals surface area contributed by atoms with E-state index in [9.17, 15) is 4.79 Å². The first-order valence-corrected chi connectivity index (χ1v) is 8.54. The molecule has 0 aliphatic heterocycles. The quantitative estimate of drug-likeness (QED) is 0.630. The molecule has 2 heterocycles. The van der Waals surface area contributed by atoms with Gasteiger partial charge < -0.3 is 9.32 Å². The molecule has 5 heteroatoms. The van der Waals surface area contributed by atoms with E-state index in [1.54, 1.807) is 34.7 Å². The summed E-state index contributed by atoms with van der Waals surface area (Å²) >= 11 is 1.57. The number of hydrogen-bond donors (Lipinski definition) is 0. The van der Waals surface area contributed by atoms with Gasteiger partial charge in [0.05, 0.1) is 23.5 Å². The van der Waals surface area contributed by atoms with E-state index in [0.29, 0.717) is 13.1 Å². The maximum atomic E-state index is 12.6. The first-order chi connectivity index (χ1) is 11.7. The highest BCUT2D eigenvalue weighted by atomic mass is 32.1. The van der Waals surface area contributed by atoms with Crippen LogP contribution in [-0.4, -0.2) is 15.8 Å². The molecule has 0 saturated carbocycles. The first-order valence-electron chi connectivity index (χ1n) is 7.66. The molecular weight excluding hydrogens is 320 g/mol. The minimum absolute atomic E-state index is 0.0686. The highest BCUT2D eigenvalue weighted by Crippen LogP contribution is 2.13. The van der Waals surface area contributed by atoms with E-state index >= 15 is 0 Å². The van der Waals surface area contributed by atoms with Crippen LogP contribution in [0.15, 0.2) is 64.6 Å². The van der Waals surface area contributed by atoms with Crippen LogP contribution in [-0.2, 0) is 17.9 Å². The molecule has 4 nitrogen and oxygen atoms in total. The summed E-state index contributed by atoms with van der Waals surface area (Å²) in [5, 5.41) is 2.92. The van der Waals surface area contributed by atoms with Gasteiger partial charge in [-0.3, -0.25) is 4.79 Å². The number of amides is 1. The van der Waals surface area contributed by atoms with Gasteiger partial charge in [-0.2, -0.15) is 0 Å². The van der Waals surface area contributed by atoms with Crippen LogP contribution >= 0.6 is 11.3 Å². The normalized spacial score (nSPS) is 11.0. The molecule has 122 valence electrons. The molecule has 0 aliphatic rings. The molecule has 24 heavy (non-hydrogen) atoms. The Bertz CT molecular complexity index is 807. The lowest BCUT2D eigenvalue weighted by Gasteiger charge is -2.20. The van der Waals surface area contributed by atoms with Crippen molar-refractivity contribution < 1.29 is 9.21 Å². The Kier molecular flexibility index (Phi) is 5.23. The summed E-state index contributed by atoms with van der Waals surface area (Å²) in [4.78, 5) is 18.7. The third-order valence-electron chi connectivity index (χ3n) is 3.49. The first kappa shape index (κ1) is 16.2. The van der Waals surface area contributed by atoms with Gasteiger partial charge in [-0.1, -0.05) is 30.3 Å². The molecule has 3 aromatic rings. The van der Waals surface area contributed by atoms with E-state index in [1.807, 2.05) is 54.8 Å². The van der Waals surface area contributed by atoms with E-state index in [1.165, 1.54) is 0 Å². The van der Waals surface area contributed by atoms with Gasteiger partial charge in [0.15, 0.2) is 0 Å². The van der Waals surface area contributed by atoms with Gasteiger partial charge in [0, 0.05) is 18.0 Å². The van der Waals surface area contributed by atoms with Gasteiger partial charge in [-0.15, -0.1) is 11.3 Å². The Labute approximate surface area is 145 Å². The monoisotopic (exact) mass is 338 g/mol. The number of rotatable bonds is 6. The molecule has 0 saturated heterocycles. The highest BCUT2D eigenvalue weighted by molar-refractivity contribution is 7.09. The molecule has 0 bridgehead atoms. The number of carbonyl (C=O) groups excluding carboxylic acids is 1. The zero-order chi connectivity index (χ0) is 16.8. The van der Waals surface area contributed by atoms with Crippen LogP contribution in [0.1, 0.15) is 22.0 Å². The van der Waals surface area contributed by atoms with Crippen molar-refractivity contribution in [3.05, 3.63) is 82.2 Å². The Hall–Kier alpha value is -2.66. The molecule has 1 aromatic carbocycles. The molecule has 3 rings (SSSR count). The second-order valence-corrected chi connectivity index (χ2v) is 6.45. The van der Waals surface area contributed by atoms with Crippen LogP contribution in [0.5, 0.6) is 0 Å². The maximum absolute atomic E-state index is 12.6. The van der Waals surface area contributed by atoms with Crippen LogP contribution in [0, 0.1) is 6.92 Å². The topological polar surface area (TPSA) is 46.3 Å². The van der Waals surface area contributed by atoms with Crippen molar-refractivity contribution in [2.45, 2.75) is 20.0 Å². The smallest absolute Gasteiger partial charge is 0.247 e. The molecule has 0 N–H and O–H groups in total. The minimum Gasteiger partial charge on any atom is -0.467 e. The van der Waals surface area contributed by atoms with Gasteiger partial charge in [0.2, 0.25) is 5.91 Å². The standard InChI is InChI=1S/C19H18N2O2S/c1-15-20-17(14-24-15)9-10-19(22)21(13-18-8-5-11-23-18)12-16-6-3-2-4-7-16/h2-11,14H,12-13H2,1H3/b10-9+. The Morgan fingerprint density at radius 3 is 2.71 bits per heavy atom. The van der Waals surface area contributed by atoms with Crippen molar-refractivity contribution in [2.24, 2.45) is 0 Å². The van der Waals surface area contributed by atoms with Crippen LogP contribution in [0.2, 0.25) is 0 Å². The Morgan fingerprint density at radius 2 is 2.04 bits per heavy atom. The molecule has 1 amide bonds. The van der Waals surface area contributed by atoms with Gasteiger partial charge in [-0.05, 0) is 30.7 Å². The highest BCUT2D eigenvalue weighted by Gasteiger charge is 2.13. The predicted molar refractivity (Wildman–Crippen MR) is 95.3 cm³/mol. The minimum atomic E-state index is -0.0686. The third-order valence-corrected chi connectivity index (χ3v) is 4.28. The van der Waals surface area contributed by atoms with Crippen molar-refractivity contribution in [3.8, 4) is 0 Å². The van der Waals surface area contributed by atoms with E-state index in [2.05, 4.69) is 4.98 Å². The Balaban J connectivity index is 1.75. The van der Waals surface area contributed by atoms with Crippen molar-refractivity contribution in [1.29, 1.82) is 0 Å². The summed E-state index contributed by atoms with van der Waals surface area (Å²) in [7, 11) is 0. The van der Waals surface area contributed by atoms with E-state index in [0.717, 1.165) is 22.0 Å². The van der Waals surface area contributed by atoms with Crippen molar-refractivity contribution >= 4 is 23.3 Å². The number of benzene rings is 1. The molecule has 0 atom stereocenters. The fourth-order valence-electron chi connectivity index (χ4n) is 2.32. The summed E-state index contributed by atoms with van der Waals surface area (Å²) in [5.41, 5.74) is 1.89. The summed E-state index contributed by atoms with van der Waals surface area (Å²) in [6, 6.07) is 13.6. The van der Waals surface area contributed by atoms with E-state index < -0.39 is 0 Å². The van der Waals surface area contributed by atoms with Gasteiger partial charge in [0.25, 0.3) is 0 Å². The van der Waals surface area contributed by atoms with Crippen LogP contribution < -0.4 is 0 Å². The largest absolute Gasteiger partial charge is 0.467 e. The average Bonchev–Trinajstić information content (AvgIpc) is 3.24. The molecule has 0 fully saturated rings. The Morgan fingerprint density at radius 1 is 1.21 bits per heavy atom. The lowest BCUT2D eigenvalue weighted by atomic mass is 10.2. The molecule has 0 spiro atoms. The fourth-order valence-corrected chi connectivity index (χ4v) is 2.91. The maximum Gasteiger partial charge on any atom is 0.247 e. The number of carbonyl (C=O) groups is 1. The lowest BCUT2D eigenvalue weighted by molar-refractivity contribution is -0.127. The van der Waals surface area contributed by atoms with Crippen LogP contribution in [0.4, 0.5) is 0 Å². The summed E-state index contributed by atoms with van der Waals surface area (Å²) < 4.78 is 5.39. The van der Waals surface area contributed by atoms with Gasteiger partial charge >= 0.3 is 0 Å². The van der Waals surface area contributed by atoms with E-state index in [4.69, 9.17) is 4.42 Å². The van der Waals surface area contributed by atoms with Gasteiger partial charge in [0.1, 0.15) is 5.76 Å². The summed E-state index contributed by atoms with van der Waals surface area (Å²) in [6.07, 6.45) is 4.95. The van der Waals surface area contributed by atoms with Crippen LogP contribution in [0.3, 0.4) is 0 Å². The number of aromatic nitrogens is 1. The summed E-state index contributed by atoms with van der Waals surface area (Å²) in [6.45, 7) is 2.91. The number of thiazole rings is 1. The second-order valence-electron chi connectivity index (χ2n) is 5.38. The molecular formula is C19H18N2O2S. The molecule has 2 aromatic heterocycles. The van der Waals surface area contributed by atoms with Crippen molar-refractivity contribution in [1.82, 2.24) is 9.88 Å². The zero-order valence-corrected chi connectivity index (χ0v) is 14.2. The molecule has 0 radical (unpaired) electrons. The van der Waals surface area contributed by atoms with Crippen molar-refractivity contribution in [3.63, 3.8) is 0 Å². The van der Waals surface area contributed by atoms with Crippen molar-refractivity contribution in [2.75, 3.05) is 0 Å². The third kappa shape index (κ3) is 4.43. The average molecular weight is 338 g/mol. The second kappa shape index (κ2) is 7.75. The number of nitrogens with zero attached hydrogens (tertiary/aromatic N) is 2. The van der Waals surface area contributed by atoms with Gasteiger partial charge in [-0.25, -0.2) is 4.98 Å².